The Morgan fingerprint density at radius 1 is 1.39 bits per heavy atom. The molecule has 0 aliphatic heterocycles. The van der Waals surface area contributed by atoms with Gasteiger partial charge in [0.15, 0.2) is 0 Å². The van der Waals surface area contributed by atoms with E-state index in [4.69, 9.17) is 9.47 Å². The van der Waals surface area contributed by atoms with Crippen LogP contribution in [0.15, 0.2) is 6.20 Å². The maximum absolute atomic E-state index is 12.0. The van der Waals surface area contributed by atoms with Crippen LogP contribution in [0.25, 0.3) is 0 Å². The van der Waals surface area contributed by atoms with Crippen LogP contribution in [0.3, 0.4) is 0 Å². The van der Waals surface area contributed by atoms with Crippen LogP contribution >= 0.6 is 0 Å². The summed E-state index contributed by atoms with van der Waals surface area (Å²) in [5.74, 6) is 1.07. The SMILES string of the molecule is COCC(NCc1cnn(C)c1NC(=O)OC(C)(C)C)C(C)C. The maximum Gasteiger partial charge on any atom is 0.413 e. The van der Waals surface area contributed by atoms with Crippen molar-refractivity contribution >= 4 is 11.9 Å². The molecular weight excluding hydrogens is 296 g/mol. The highest BCUT2D eigenvalue weighted by Gasteiger charge is 2.20. The van der Waals surface area contributed by atoms with Crippen molar-refractivity contribution in [2.75, 3.05) is 19.0 Å². The summed E-state index contributed by atoms with van der Waals surface area (Å²) in [6.07, 6.45) is 1.25. The topological polar surface area (TPSA) is 77.4 Å². The van der Waals surface area contributed by atoms with Crippen LogP contribution in [0.4, 0.5) is 10.6 Å². The van der Waals surface area contributed by atoms with Gasteiger partial charge >= 0.3 is 6.09 Å². The zero-order chi connectivity index (χ0) is 17.6. The van der Waals surface area contributed by atoms with Crippen LogP contribution in [0.1, 0.15) is 40.2 Å². The van der Waals surface area contributed by atoms with Gasteiger partial charge < -0.3 is 14.8 Å². The van der Waals surface area contributed by atoms with E-state index in [1.54, 1.807) is 25.0 Å². The Bertz CT molecular complexity index is 506. The van der Waals surface area contributed by atoms with E-state index in [1.165, 1.54) is 0 Å². The molecule has 1 unspecified atom stereocenters. The van der Waals surface area contributed by atoms with Crippen molar-refractivity contribution in [1.82, 2.24) is 15.1 Å². The number of amides is 1. The molecule has 0 spiro atoms. The van der Waals surface area contributed by atoms with Gasteiger partial charge in [-0.3, -0.25) is 10.00 Å². The van der Waals surface area contributed by atoms with Crippen LogP contribution in [-0.4, -0.2) is 41.2 Å². The van der Waals surface area contributed by atoms with Crippen molar-refractivity contribution in [3.8, 4) is 0 Å². The number of methoxy groups -OCH3 is 1. The summed E-state index contributed by atoms with van der Waals surface area (Å²) in [5, 5.41) is 10.4. The molecule has 1 aromatic rings. The highest BCUT2D eigenvalue weighted by molar-refractivity contribution is 5.84. The van der Waals surface area contributed by atoms with Crippen molar-refractivity contribution in [1.29, 1.82) is 0 Å². The van der Waals surface area contributed by atoms with Crippen molar-refractivity contribution in [2.45, 2.75) is 52.8 Å². The molecule has 0 radical (unpaired) electrons. The van der Waals surface area contributed by atoms with Crippen molar-refractivity contribution in [2.24, 2.45) is 13.0 Å². The molecule has 1 aromatic heterocycles. The second-order valence-corrected chi connectivity index (χ2v) is 6.96. The molecular formula is C16H30N4O3. The highest BCUT2D eigenvalue weighted by Crippen LogP contribution is 2.17. The second kappa shape index (κ2) is 8.31. The standard InChI is InChI=1S/C16H30N4O3/c1-11(2)13(10-22-7)17-8-12-9-18-20(6)14(12)19-15(21)23-16(3,4)5/h9,11,13,17H,8,10H2,1-7H3,(H,19,21). The van der Waals surface area contributed by atoms with Gasteiger partial charge in [-0.1, -0.05) is 13.8 Å². The number of carbonyl (C=O) groups is 1. The summed E-state index contributed by atoms with van der Waals surface area (Å²) in [6.45, 7) is 11.0. The van der Waals surface area contributed by atoms with Crippen LogP contribution in [0, 0.1) is 5.92 Å². The van der Waals surface area contributed by atoms with Crippen LogP contribution in [0.2, 0.25) is 0 Å². The summed E-state index contributed by atoms with van der Waals surface area (Å²) in [7, 11) is 3.47. The van der Waals surface area contributed by atoms with Crippen LogP contribution in [-0.2, 0) is 23.1 Å². The van der Waals surface area contributed by atoms with Crippen molar-refractivity contribution < 1.29 is 14.3 Å². The largest absolute Gasteiger partial charge is 0.444 e. The average molecular weight is 326 g/mol. The summed E-state index contributed by atoms with van der Waals surface area (Å²) in [6, 6.07) is 0.231. The minimum atomic E-state index is -0.539. The van der Waals surface area contributed by atoms with Gasteiger partial charge in [-0.2, -0.15) is 5.10 Å². The number of hydrogen-bond acceptors (Lipinski definition) is 5. The van der Waals surface area contributed by atoms with Gasteiger partial charge in [0.25, 0.3) is 0 Å². The molecule has 1 atom stereocenters. The minimum Gasteiger partial charge on any atom is -0.444 e. The third-order valence-electron chi connectivity index (χ3n) is 3.34. The first-order valence-corrected chi connectivity index (χ1v) is 7.87. The van der Waals surface area contributed by atoms with E-state index in [0.29, 0.717) is 24.9 Å². The summed E-state index contributed by atoms with van der Waals surface area (Å²) in [5.41, 5.74) is 0.363. The molecule has 7 heteroatoms. The lowest BCUT2D eigenvalue weighted by molar-refractivity contribution is 0.0634. The molecule has 132 valence electrons. The van der Waals surface area contributed by atoms with E-state index >= 15 is 0 Å². The quantitative estimate of drug-likeness (QED) is 0.805. The first-order valence-electron chi connectivity index (χ1n) is 7.87. The molecule has 0 aliphatic carbocycles. The first kappa shape index (κ1) is 19.4. The number of nitrogens with zero attached hydrogens (tertiary/aromatic N) is 2. The maximum atomic E-state index is 12.0. The fourth-order valence-corrected chi connectivity index (χ4v) is 2.08. The summed E-state index contributed by atoms with van der Waals surface area (Å²) in [4.78, 5) is 12.0. The normalized spacial score (nSPS) is 13.2. The molecule has 0 aromatic carbocycles. The zero-order valence-corrected chi connectivity index (χ0v) is 15.3. The lowest BCUT2D eigenvalue weighted by Crippen LogP contribution is -2.37. The Hall–Kier alpha value is -1.60. The number of rotatable bonds is 7. The second-order valence-electron chi connectivity index (χ2n) is 6.96. The predicted molar refractivity (Wildman–Crippen MR) is 90.4 cm³/mol. The smallest absolute Gasteiger partial charge is 0.413 e. The number of aryl methyl sites for hydroxylation is 1. The van der Waals surface area contributed by atoms with Gasteiger partial charge in [0.2, 0.25) is 0 Å². The zero-order valence-electron chi connectivity index (χ0n) is 15.3. The summed E-state index contributed by atoms with van der Waals surface area (Å²) >= 11 is 0. The molecule has 23 heavy (non-hydrogen) atoms. The van der Waals surface area contributed by atoms with E-state index in [2.05, 4.69) is 29.6 Å². The van der Waals surface area contributed by atoms with Crippen LogP contribution in [0.5, 0.6) is 0 Å². The first-order chi connectivity index (χ1) is 10.6. The van der Waals surface area contributed by atoms with E-state index in [0.717, 1.165) is 5.56 Å². The molecule has 1 heterocycles. The Labute approximate surface area is 138 Å². The van der Waals surface area contributed by atoms with Crippen LogP contribution < -0.4 is 10.6 Å². The Morgan fingerprint density at radius 3 is 2.57 bits per heavy atom. The van der Waals surface area contributed by atoms with E-state index in [9.17, 15) is 4.79 Å². The number of aromatic nitrogens is 2. The molecule has 7 nitrogen and oxygen atoms in total. The lowest BCUT2D eigenvalue weighted by atomic mass is 10.1. The molecule has 0 bridgehead atoms. The van der Waals surface area contributed by atoms with Gasteiger partial charge in [0.1, 0.15) is 11.4 Å². The average Bonchev–Trinajstić information content (AvgIpc) is 2.73. The predicted octanol–water partition coefficient (Wildman–Crippen LogP) is 2.53. The molecule has 0 saturated heterocycles. The van der Waals surface area contributed by atoms with Gasteiger partial charge in [-0.25, -0.2) is 4.79 Å². The lowest BCUT2D eigenvalue weighted by Gasteiger charge is -2.22. The van der Waals surface area contributed by atoms with Crippen molar-refractivity contribution in [3.05, 3.63) is 11.8 Å². The Kier molecular flexibility index (Phi) is 7.02. The van der Waals surface area contributed by atoms with Gasteiger partial charge in [0.05, 0.1) is 12.8 Å². The van der Waals surface area contributed by atoms with Gasteiger partial charge in [0, 0.05) is 32.3 Å². The number of nitrogens with one attached hydrogen (secondary N) is 2. The van der Waals surface area contributed by atoms with E-state index in [1.807, 2.05) is 20.8 Å². The molecule has 1 rings (SSSR count). The number of hydrogen-bond donors (Lipinski definition) is 2. The summed E-state index contributed by atoms with van der Waals surface area (Å²) < 4.78 is 12.2. The highest BCUT2D eigenvalue weighted by atomic mass is 16.6. The molecule has 0 saturated carbocycles. The molecule has 0 aliphatic rings. The Balaban J connectivity index is 2.73. The molecule has 0 fully saturated rings. The molecule has 1 amide bonds. The monoisotopic (exact) mass is 326 g/mol. The number of anilines is 1. The van der Waals surface area contributed by atoms with Gasteiger partial charge in [-0.15, -0.1) is 0 Å². The minimum absolute atomic E-state index is 0.231. The fourth-order valence-electron chi connectivity index (χ4n) is 2.08. The van der Waals surface area contributed by atoms with Gasteiger partial charge in [-0.05, 0) is 26.7 Å². The third-order valence-corrected chi connectivity index (χ3v) is 3.34. The van der Waals surface area contributed by atoms with E-state index in [-0.39, 0.29) is 6.04 Å². The van der Waals surface area contributed by atoms with Crippen molar-refractivity contribution in [3.63, 3.8) is 0 Å². The Morgan fingerprint density at radius 2 is 2.04 bits per heavy atom. The van der Waals surface area contributed by atoms with E-state index < -0.39 is 11.7 Å². The third kappa shape index (κ3) is 6.58. The number of ether oxygens (including phenoxy) is 2. The molecule has 2 N–H and O–H groups in total. The number of carbonyl (C=O) groups excluding carboxylic acids is 1. The fraction of sp³-hybridized carbons (Fsp3) is 0.750.